The van der Waals surface area contributed by atoms with Crippen molar-refractivity contribution in [3.8, 4) is 5.75 Å². The first-order valence-electron chi connectivity index (χ1n) is 7.32. The zero-order valence-electron chi connectivity index (χ0n) is 13.3. The Balaban J connectivity index is 1.98. The van der Waals surface area contributed by atoms with Crippen molar-refractivity contribution >= 4 is 11.8 Å². The first kappa shape index (κ1) is 16.5. The van der Waals surface area contributed by atoms with Gasteiger partial charge >= 0.3 is 0 Å². The van der Waals surface area contributed by atoms with E-state index in [1.165, 1.54) is 6.07 Å². The molecule has 0 aliphatic heterocycles. The number of hydrogen-bond acceptors (Lipinski definition) is 3. The lowest BCUT2D eigenvalue weighted by Crippen LogP contribution is -2.26. The lowest BCUT2D eigenvalue weighted by Gasteiger charge is -2.08. The number of primary amides is 1. The van der Waals surface area contributed by atoms with Crippen LogP contribution in [0.5, 0.6) is 5.75 Å². The summed E-state index contributed by atoms with van der Waals surface area (Å²) in [7, 11) is 1.62. The van der Waals surface area contributed by atoms with E-state index in [4.69, 9.17) is 10.5 Å². The van der Waals surface area contributed by atoms with E-state index in [1.54, 1.807) is 19.2 Å². The van der Waals surface area contributed by atoms with Crippen LogP contribution in [-0.2, 0) is 6.42 Å². The Kier molecular flexibility index (Phi) is 5.36. The number of hydrogen-bond donors (Lipinski definition) is 2. The molecule has 0 atom stereocenters. The second-order valence-corrected chi connectivity index (χ2v) is 5.31. The number of methoxy groups -OCH3 is 1. The van der Waals surface area contributed by atoms with E-state index in [-0.39, 0.29) is 5.91 Å². The highest BCUT2D eigenvalue weighted by Crippen LogP contribution is 2.13. The second-order valence-electron chi connectivity index (χ2n) is 5.31. The molecule has 23 heavy (non-hydrogen) atoms. The van der Waals surface area contributed by atoms with Gasteiger partial charge < -0.3 is 15.8 Å². The molecule has 0 aromatic heterocycles. The number of nitrogens with one attached hydrogen (secondary N) is 1. The topological polar surface area (TPSA) is 81.4 Å². The van der Waals surface area contributed by atoms with Gasteiger partial charge in [0.1, 0.15) is 5.75 Å². The smallest absolute Gasteiger partial charge is 0.251 e. The molecule has 2 aromatic rings. The van der Waals surface area contributed by atoms with E-state index in [1.807, 2.05) is 31.2 Å². The summed E-state index contributed by atoms with van der Waals surface area (Å²) in [4.78, 5) is 23.5. The zero-order chi connectivity index (χ0) is 16.8. The fourth-order valence-corrected chi connectivity index (χ4v) is 2.31. The van der Waals surface area contributed by atoms with Crippen LogP contribution < -0.4 is 15.8 Å². The first-order chi connectivity index (χ1) is 11.0. The fraction of sp³-hybridized carbons (Fsp3) is 0.222. The number of nitrogens with two attached hydrogens (primary N) is 1. The number of aryl methyl sites for hydroxylation is 1. The Morgan fingerprint density at radius 2 is 1.87 bits per heavy atom. The Hall–Kier alpha value is -2.82. The maximum Gasteiger partial charge on any atom is 0.251 e. The van der Waals surface area contributed by atoms with Gasteiger partial charge in [0.25, 0.3) is 5.91 Å². The van der Waals surface area contributed by atoms with Gasteiger partial charge in [-0.25, -0.2) is 0 Å². The van der Waals surface area contributed by atoms with Gasteiger partial charge in [0.15, 0.2) is 0 Å². The minimum absolute atomic E-state index is 0.223. The van der Waals surface area contributed by atoms with Crippen LogP contribution in [0.25, 0.3) is 0 Å². The molecule has 0 unspecified atom stereocenters. The fourth-order valence-electron chi connectivity index (χ4n) is 2.31. The Bertz CT molecular complexity index is 726. The summed E-state index contributed by atoms with van der Waals surface area (Å²) in [5, 5.41) is 2.85. The highest BCUT2D eigenvalue weighted by atomic mass is 16.5. The number of rotatable bonds is 6. The van der Waals surface area contributed by atoms with E-state index in [9.17, 15) is 9.59 Å². The number of carbonyl (C=O) groups is 2. The third-order valence-corrected chi connectivity index (χ3v) is 3.46. The molecule has 5 nitrogen and oxygen atoms in total. The van der Waals surface area contributed by atoms with Gasteiger partial charge in [0, 0.05) is 17.7 Å². The molecule has 0 saturated heterocycles. The summed E-state index contributed by atoms with van der Waals surface area (Å²) in [6, 6.07) is 12.6. The predicted molar refractivity (Wildman–Crippen MR) is 88.7 cm³/mol. The van der Waals surface area contributed by atoms with E-state index in [2.05, 4.69) is 5.32 Å². The maximum absolute atomic E-state index is 12.2. The van der Waals surface area contributed by atoms with E-state index < -0.39 is 5.91 Å². The van der Waals surface area contributed by atoms with Gasteiger partial charge in [-0.05, 0) is 54.8 Å². The average molecular weight is 312 g/mol. The third kappa shape index (κ3) is 4.57. The summed E-state index contributed by atoms with van der Waals surface area (Å²) >= 11 is 0. The van der Waals surface area contributed by atoms with Gasteiger partial charge in [-0.3, -0.25) is 9.59 Å². The van der Waals surface area contributed by atoms with Crippen LogP contribution in [0.15, 0.2) is 42.5 Å². The Morgan fingerprint density at radius 3 is 2.57 bits per heavy atom. The molecular formula is C18H20N2O3. The number of amides is 2. The molecule has 0 saturated carbocycles. The van der Waals surface area contributed by atoms with Gasteiger partial charge in [-0.15, -0.1) is 0 Å². The van der Waals surface area contributed by atoms with Crippen molar-refractivity contribution in [1.82, 2.24) is 5.32 Å². The van der Waals surface area contributed by atoms with Crippen molar-refractivity contribution in [2.75, 3.05) is 13.7 Å². The Morgan fingerprint density at radius 1 is 1.13 bits per heavy atom. The molecule has 2 aromatic carbocycles. The first-order valence-corrected chi connectivity index (χ1v) is 7.32. The SMILES string of the molecule is COc1cccc(CCNC(=O)c2cc(C)cc(C(N)=O)c2)c1. The van der Waals surface area contributed by atoms with E-state index >= 15 is 0 Å². The lowest BCUT2D eigenvalue weighted by molar-refractivity contribution is 0.0954. The van der Waals surface area contributed by atoms with Crippen LogP contribution in [0, 0.1) is 6.92 Å². The second kappa shape index (κ2) is 7.45. The van der Waals surface area contributed by atoms with E-state index in [0.717, 1.165) is 16.9 Å². The quantitative estimate of drug-likeness (QED) is 0.857. The summed E-state index contributed by atoms with van der Waals surface area (Å²) < 4.78 is 5.17. The van der Waals surface area contributed by atoms with Crippen molar-refractivity contribution in [1.29, 1.82) is 0 Å². The molecule has 0 fully saturated rings. The average Bonchev–Trinajstić information content (AvgIpc) is 2.54. The molecular weight excluding hydrogens is 292 g/mol. The monoisotopic (exact) mass is 312 g/mol. The predicted octanol–water partition coefficient (Wildman–Crippen LogP) is 2.08. The van der Waals surface area contributed by atoms with Crippen molar-refractivity contribution in [2.45, 2.75) is 13.3 Å². The van der Waals surface area contributed by atoms with Gasteiger partial charge in [-0.1, -0.05) is 12.1 Å². The van der Waals surface area contributed by atoms with Crippen LogP contribution in [0.4, 0.5) is 0 Å². The molecule has 5 heteroatoms. The van der Waals surface area contributed by atoms with Crippen LogP contribution in [0.2, 0.25) is 0 Å². The molecule has 3 N–H and O–H groups in total. The molecule has 2 amide bonds. The van der Waals surface area contributed by atoms with Crippen LogP contribution >= 0.6 is 0 Å². The minimum Gasteiger partial charge on any atom is -0.497 e. The van der Waals surface area contributed by atoms with E-state index in [0.29, 0.717) is 24.1 Å². The van der Waals surface area contributed by atoms with Crippen LogP contribution in [0.1, 0.15) is 31.8 Å². The molecule has 0 aliphatic rings. The molecule has 0 bridgehead atoms. The van der Waals surface area contributed by atoms with Gasteiger partial charge in [0.2, 0.25) is 5.91 Å². The van der Waals surface area contributed by atoms with Gasteiger partial charge in [0.05, 0.1) is 7.11 Å². The van der Waals surface area contributed by atoms with Crippen molar-refractivity contribution in [3.05, 3.63) is 64.7 Å². The molecule has 120 valence electrons. The zero-order valence-corrected chi connectivity index (χ0v) is 13.3. The summed E-state index contributed by atoms with van der Waals surface area (Å²) in [5.74, 6) is 0.0248. The highest BCUT2D eigenvalue weighted by molar-refractivity contribution is 5.99. The number of ether oxygens (including phenoxy) is 1. The van der Waals surface area contributed by atoms with Crippen molar-refractivity contribution in [3.63, 3.8) is 0 Å². The maximum atomic E-state index is 12.2. The van der Waals surface area contributed by atoms with Gasteiger partial charge in [-0.2, -0.15) is 0 Å². The molecule has 0 aliphatic carbocycles. The summed E-state index contributed by atoms with van der Waals surface area (Å²) in [6.07, 6.45) is 0.692. The van der Waals surface area contributed by atoms with Crippen LogP contribution in [0.3, 0.4) is 0 Å². The molecule has 2 rings (SSSR count). The summed E-state index contributed by atoms with van der Waals surface area (Å²) in [5.41, 5.74) is 7.94. The largest absolute Gasteiger partial charge is 0.497 e. The number of benzene rings is 2. The minimum atomic E-state index is -0.542. The van der Waals surface area contributed by atoms with Crippen LogP contribution in [-0.4, -0.2) is 25.5 Å². The Labute approximate surface area is 135 Å². The molecule has 0 heterocycles. The molecule has 0 radical (unpaired) electrons. The highest BCUT2D eigenvalue weighted by Gasteiger charge is 2.10. The lowest BCUT2D eigenvalue weighted by atomic mass is 10.1. The number of carbonyl (C=O) groups excluding carboxylic acids is 2. The van der Waals surface area contributed by atoms with Crippen molar-refractivity contribution in [2.24, 2.45) is 5.73 Å². The summed E-state index contributed by atoms with van der Waals surface area (Å²) in [6.45, 7) is 2.31. The van der Waals surface area contributed by atoms with Crippen molar-refractivity contribution < 1.29 is 14.3 Å². The normalized spacial score (nSPS) is 10.2. The standard InChI is InChI=1S/C18H20N2O3/c1-12-8-14(17(19)21)11-15(9-12)18(22)20-7-6-13-4-3-5-16(10-13)23-2/h3-5,8-11H,6-7H2,1-2H3,(H2,19,21)(H,20,22). The molecule has 0 spiro atoms. The third-order valence-electron chi connectivity index (χ3n) is 3.46.